The van der Waals surface area contributed by atoms with E-state index in [9.17, 15) is 4.79 Å². The van der Waals surface area contributed by atoms with Crippen molar-refractivity contribution >= 4 is 17.5 Å². The second-order valence-corrected chi connectivity index (χ2v) is 5.86. The predicted octanol–water partition coefficient (Wildman–Crippen LogP) is 4.22. The van der Waals surface area contributed by atoms with Crippen molar-refractivity contribution in [3.05, 3.63) is 57.5 Å². The summed E-state index contributed by atoms with van der Waals surface area (Å²) >= 11 is 5.87. The van der Waals surface area contributed by atoms with Gasteiger partial charge in [-0.2, -0.15) is 0 Å². The Kier molecular flexibility index (Phi) is 4.73. The summed E-state index contributed by atoms with van der Waals surface area (Å²) in [5, 5.41) is 3.74. The van der Waals surface area contributed by atoms with Gasteiger partial charge in [0.05, 0.1) is 5.56 Å². The van der Waals surface area contributed by atoms with Gasteiger partial charge in [-0.05, 0) is 51.8 Å². The Labute approximate surface area is 130 Å². The molecule has 1 amide bonds. The number of nitrogens with one attached hydrogen (secondary N) is 1. The fourth-order valence-corrected chi connectivity index (χ4v) is 2.57. The van der Waals surface area contributed by atoms with Crippen LogP contribution in [0.1, 0.15) is 39.9 Å². The molecule has 0 spiro atoms. The van der Waals surface area contributed by atoms with E-state index in [-0.39, 0.29) is 11.9 Å². The highest BCUT2D eigenvalue weighted by Gasteiger charge is 2.19. The van der Waals surface area contributed by atoms with Crippen LogP contribution >= 0.6 is 11.6 Å². The highest BCUT2D eigenvalue weighted by Crippen LogP contribution is 2.20. The van der Waals surface area contributed by atoms with Gasteiger partial charge in [-0.3, -0.25) is 4.79 Å². The Hall–Kier alpha value is -1.74. The van der Waals surface area contributed by atoms with Crippen LogP contribution in [0.15, 0.2) is 28.7 Å². The molecule has 1 heterocycles. The lowest BCUT2D eigenvalue weighted by Gasteiger charge is -2.14. The van der Waals surface area contributed by atoms with E-state index in [0.29, 0.717) is 11.3 Å². The van der Waals surface area contributed by atoms with Gasteiger partial charge in [0.15, 0.2) is 0 Å². The summed E-state index contributed by atoms with van der Waals surface area (Å²) in [6.07, 6.45) is 0.762. The average Bonchev–Trinajstić information content (AvgIpc) is 2.66. The molecule has 1 aromatic carbocycles. The minimum atomic E-state index is -0.0803. The Morgan fingerprint density at radius 1 is 1.19 bits per heavy atom. The number of carbonyl (C=O) groups excluding carboxylic acids is 1. The predicted molar refractivity (Wildman–Crippen MR) is 85.0 cm³/mol. The molecule has 1 aromatic heterocycles. The molecule has 0 unspecified atom stereocenters. The van der Waals surface area contributed by atoms with Gasteiger partial charge in [-0.1, -0.05) is 23.7 Å². The van der Waals surface area contributed by atoms with E-state index in [0.717, 1.165) is 28.3 Å². The lowest BCUT2D eigenvalue weighted by molar-refractivity contribution is 0.0938. The van der Waals surface area contributed by atoms with E-state index in [4.69, 9.17) is 16.0 Å². The van der Waals surface area contributed by atoms with Gasteiger partial charge in [-0.15, -0.1) is 0 Å². The van der Waals surface area contributed by atoms with Crippen LogP contribution in [0, 0.1) is 20.8 Å². The summed E-state index contributed by atoms with van der Waals surface area (Å²) in [7, 11) is 0. The topological polar surface area (TPSA) is 42.2 Å². The van der Waals surface area contributed by atoms with Crippen LogP contribution in [-0.2, 0) is 6.42 Å². The summed E-state index contributed by atoms with van der Waals surface area (Å²) < 4.78 is 5.50. The Balaban J connectivity index is 2.03. The van der Waals surface area contributed by atoms with E-state index >= 15 is 0 Å². The van der Waals surface area contributed by atoms with E-state index in [1.807, 2.05) is 52.0 Å². The van der Waals surface area contributed by atoms with Crippen molar-refractivity contribution in [1.82, 2.24) is 5.32 Å². The highest BCUT2D eigenvalue weighted by molar-refractivity contribution is 6.30. The molecular weight excluding hydrogens is 286 g/mol. The number of hydrogen-bond acceptors (Lipinski definition) is 2. The van der Waals surface area contributed by atoms with E-state index in [2.05, 4.69) is 5.32 Å². The van der Waals surface area contributed by atoms with Crippen LogP contribution in [0.4, 0.5) is 0 Å². The van der Waals surface area contributed by atoms with Crippen molar-refractivity contribution in [2.24, 2.45) is 0 Å². The maximum Gasteiger partial charge on any atom is 0.255 e. The lowest BCUT2D eigenvalue weighted by atomic mass is 10.1. The molecular formula is C17H20ClNO2. The molecule has 2 aromatic rings. The SMILES string of the molecule is Cc1oc(C)c(C(=O)N[C@@H](C)Cc2ccc(Cl)cc2)c1C. The summed E-state index contributed by atoms with van der Waals surface area (Å²) in [5.41, 5.74) is 2.70. The number of aryl methyl sites for hydroxylation is 2. The second kappa shape index (κ2) is 6.35. The molecule has 0 aliphatic heterocycles. The molecule has 0 aliphatic rings. The number of rotatable bonds is 4. The van der Waals surface area contributed by atoms with Crippen molar-refractivity contribution in [3.8, 4) is 0 Å². The third kappa shape index (κ3) is 3.67. The Bertz CT molecular complexity index is 644. The standard InChI is InChI=1S/C17H20ClNO2/c1-10(9-14-5-7-15(18)8-6-14)19-17(20)16-11(2)12(3)21-13(16)4/h5-8,10H,9H2,1-4H3,(H,19,20)/t10-/m0/s1. The molecule has 0 radical (unpaired) electrons. The van der Waals surface area contributed by atoms with Crippen molar-refractivity contribution in [2.45, 2.75) is 40.2 Å². The quantitative estimate of drug-likeness (QED) is 0.919. The van der Waals surface area contributed by atoms with Crippen LogP contribution in [0.5, 0.6) is 0 Å². The monoisotopic (exact) mass is 305 g/mol. The highest BCUT2D eigenvalue weighted by atomic mass is 35.5. The van der Waals surface area contributed by atoms with Crippen LogP contribution in [-0.4, -0.2) is 11.9 Å². The molecule has 2 rings (SSSR count). The van der Waals surface area contributed by atoms with E-state index in [1.165, 1.54) is 0 Å². The first kappa shape index (κ1) is 15.6. The lowest BCUT2D eigenvalue weighted by Crippen LogP contribution is -2.34. The molecule has 21 heavy (non-hydrogen) atoms. The van der Waals surface area contributed by atoms with Gasteiger partial charge in [0.2, 0.25) is 0 Å². The largest absolute Gasteiger partial charge is 0.466 e. The van der Waals surface area contributed by atoms with Gasteiger partial charge in [-0.25, -0.2) is 0 Å². The number of hydrogen-bond donors (Lipinski definition) is 1. The van der Waals surface area contributed by atoms with Crippen LogP contribution in [0.3, 0.4) is 0 Å². The van der Waals surface area contributed by atoms with Crippen molar-refractivity contribution in [1.29, 1.82) is 0 Å². The minimum absolute atomic E-state index is 0.0349. The van der Waals surface area contributed by atoms with Gasteiger partial charge in [0.1, 0.15) is 11.5 Å². The van der Waals surface area contributed by atoms with E-state index < -0.39 is 0 Å². The average molecular weight is 306 g/mol. The number of halogens is 1. The fraction of sp³-hybridized carbons (Fsp3) is 0.353. The molecule has 0 bridgehead atoms. The van der Waals surface area contributed by atoms with Crippen molar-refractivity contribution in [3.63, 3.8) is 0 Å². The first-order valence-corrected chi connectivity index (χ1v) is 7.38. The summed E-state index contributed by atoms with van der Waals surface area (Å²) in [5.74, 6) is 1.38. The second-order valence-electron chi connectivity index (χ2n) is 5.42. The van der Waals surface area contributed by atoms with Gasteiger partial charge < -0.3 is 9.73 Å². The zero-order valence-electron chi connectivity index (χ0n) is 12.8. The molecule has 0 saturated carbocycles. The van der Waals surface area contributed by atoms with Crippen LogP contribution in [0.2, 0.25) is 5.02 Å². The summed E-state index contributed by atoms with van der Waals surface area (Å²) in [6, 6.07) is 7.71. The Morgan fingerprint density at radius 2 is 1.81 bits per heavy atom. The third-order valence-corrected chi connectivity index (χ3v) is 3.87. The van der Waals surface area contributed by atoms with Gasteiger partial charge >= 0.3 is 0 Å². The molecule has 1 N–H and O–H groups in total. The maximum atomic E-state index is 12.4. The third-order valence-electron chi connectivity index (χ3n) is 3.62. The summed E-state index contributed by atoms with van der Waals surface area (Å²) in [4.78, 5) is 12.4. The zero-order valence-corrected chi connectivity index (χ0v) is 13.5. The smallest absolute Gasteiger partial charge is 0.255 e. The molecule has 112 valence electrons. The Morgan fingerprint density at radius 3 is 2.33 bits per heavy atom. The van der Waals surface area contributed by atoms with Crippen LogP contribution in [0.25, 0.3) is 0 Å². The molecule has 0 aliphatic carbocycles. The number of carbonyl (C=O) groups is 1. The van der Waals surface area contributed by atoms with Crippen molar-refractivity contribution in [2.75, 3.05) is 0 Å². The van der Waals surface area contributed by atoms with Gasteiger partial charge in [0, 0.05) is 16.6 Å². The number of amides is 1. The molecule has 0 fully saturated rings. The first-order chi connectivity index (χ1) is 9.88. The first-order valence-electron chi connectivity index (χ1n) is 7.00. The molecule has 4 heteroatoms. The molecule has 3 nitrogen and oxygen atoms in total. The normalized spacial score (nSPS) is 12.2. The minimum Gasteiger partial charge on any atom is -0.466 e. The van der Waals surface area contributed by atoms with Crippen molar-refractivity contribution < 1.29 is 9.21 Å². The maximum absolute atomic E-state index is 12.4. The molecule has 1 atom stereocenters. The fourth-order valence-electron chi connectivity index (χ4n) is 2.45. The van der Waals surface area contributed by atoms with Crippen LogP contribution < -0.4 is 5.32 Å². The van der Waals surface area contributed by atoms with E-state index in [1.54, 1.807) is 0 Å². The van der Waals surface area contributed by atoms with Gasteiger partial charge in [0.25, 0.3) is 5.91 Å². The zero-order chi connectivity index (χ0) is 15.6. The number of furan rings is 1. The summed E-state index contributed by atoms with van der Waals surface area (Å²) in [6.45, 7) is 7.59. The molecule has 0 saturated heterocycles. The number of benzene rings is 1.